The van der Waals surface area contributed by atoms with E-state index in [0.29, 0.717) is 12.6 Å². The van der Waals surface area contributed by atoms with E-state index in [9.17, 15) is 9.59 Å². The van der Waals surface area contributed by atoms with Crippen LogP contribution in [-0.2, 0) is 16.1 Å². The van der Waals surface area contributed by atoms with Crippen LogP contribution in [0.4, 0.5) is 5.69 Å². The second kappa shape index (κ2) is 10.4. The van der Waals surface area contributed by atoms with E-state index >= 15 is 0 Å². The van der Waals surface area contributed by atoms with E-state index in [1.165, 1.54) is 0 Å². The van der Waals surface area contributed by atoms with Crippen molar-refractivity contribution in [2.24, 2.45) is 11.8 Å². The highest BCUT2D eigenvalue weighted by Gasteiger charge is 2.24. The van der Waals surface area contributed by atoms with Gasteiger partial charge in [0.2, 0.25) is 11.8 Å². The van der Waals surface area contributed by atoms with Crippen molar-refractivity contribution in [3.8, 4) is 0 Å². The molecule has 0 bridgehead atoms. The molecule has 1 saturated heterocycles. The maximum absolute atomic E-state index is 12.3. The molecule has 1 aromatic carbocycles. The van der Waals surface area contributed by atoms with Crippen molar-refractivity contribution in [1.29, 1.82) is 0 Å². The Hall–Kier alpha value is -1.59. The predicted molar refractivity (Wildman–Crippen MR) is 104 cm³/mol. The summed E-state index contributed by atoms with van der Waals surface area (Å²) in [6, 6.07) is 8.06. The first kappa shape index (κ1) is 21.5. The molecule has 3 atom stereocenters. The molecule has 5 nitrogen and oxygen atoms in total. The lowest BCUT2D eigenvalue weighted by Gasteiger charge is -2.27. The minimum atomic E-state index is -0.00439. The van der Waals surface area contributed by atoms with Crippen molar-refractivity contribution < 1.29 is 9.59 Å². The summed E-state index contributed by atoms with van der Waals surface area (Å²) in [5, 5.41) is 9.31. The van der Waals surface area contributed by atoms with Crippen molar-refractivity contribution in [2.75, 3.05) is 11.9 Å². The van der Waals surface area contributed by atoms with Crippen LogP contribution in [0.5, 0.6) is 0 Å². The minimum Gasteiger partial charge on any atom is -0.352 e. The molecule has 2 amide bonds. The molecule has 1 fully saturated rings. The van der Waals surface area contributed by atoms with Crippen molar-refractivity contribution >= 4 is 29.9 Å². The zero-order valence-corrected chi connectivity index (χ0v) is 16.1. The van der Waals surface area contributed by atoms with Crippen LogP contribution in [-0.4, -0.2) is 24.4 Å². The predicted octanol–water partition coefficient (Wildman–Crippen LogP) is 3.10. The number of carbonyl (C=O) groups is 2. The zero-order chi connectivity index (χ0) is 17.5. The number of halogens is 1. The van der Waals surface area contributed by atoms with Crippen LogP contribution in [0.25, 0.3) is 0 Å². The van der Waals surface area contributed by atoms with Crippen LogP contribution >= 0.6 is 12.4 Å². The standard InChI is InChI=1S/C19H29N3O2.ClH/c1-4-13(2)18(23)22-17-7-5-6-15(11-17)12-21-19(24)16-8-9-20-14(3)10-16;/h5-7,11,13-14,16,20H,4,8-10,12H2,1-3H3,(H,21,24)(H,22,23);1H/t13?,14-,16-;/m0./s1. The first-order chi connectivity index (χ1) is 11.5. The Bertz CT molecular complexity index is 580. The molecule has 1 aliphatic heterocycles. The third kappa shape index (κ3) is 6.67. The van der Waals surface area contributed by atoms with Crippen LogP contribution in [0.2, 0.25) is 0 Å². The van der Waals surface area contributed by atoms with Gasteiger partial charge in [-0.1, -0.05) is 26.0 Å². The Morgan fingerprint density at radius 1 is 1.36 bits per heavy atom. The van der Waals surface area contributed by atoms with Gasteiger partial charge in [-0.2, -0.15) is 0 Å². The summed E-state index contributed by atoms with van der Waals surface area (Å²) in [4.78, 5) is 24.3. The molecule has 0 spiro atoms. The van der Waals surface area contributed by atoms with Crippen LogP contribution in [0, 0.1) is 11.8 Å². The van der Waals surface area contributed by atoms with E-state index in [0.717, 1.165) is 37.1 Å². The molecule has 25 heavy (non-hydrogen) atoms. The monoisotopic (exact) mass is 367 g/mol. The Morgan fingerprint density at radius 2 is 2.12 bits per heavy atom. The number of piperidine rings is 1. The van der Waals surface area contributed by atoms with Crippen molar-refractivity contribution in [1.82, 2.24) is 10.6 Å². The molecular weight excluding hydrogens is 338 g/mol. The highest BCUT2D eigenvalue weighted by molar-refractivity contribution is 5.92. The zero-order valence-electron chi connectivity index (χ0n) is 15.3. The fraction of sp³-hybridized carbons (Fsp3) is 0.579. The number of hydrogen-bond donors (Lipinski definition) is 3. The normalized spacial score (nSPS) is 20.9. The third-order valence-electron chi connectivity index (χ3n) is 4.72. The highest BCUT2D eigenvalue weighted by Crippen LogP contribution is 2.17. The average molecular weight is 368 g/mol. The molecule has 6 heteroatoms. The minimum absolute atomic E-state index is 0. The largest absolute Gasteiger partial charge is 0.352 e. The Labute approximate surface area is 156 Å². The van der Waals surface area contributed by atoms with E-state index in [1.807, 2.05) is 38.1 Å². The number of amides is 2. The number of benzene rings is 1. The molecule has 1 aliphatic rings. The maximum Gasteiger partial charge on any atom is 0.227 e. The quantitative estimate of drug-likeness (QED) is 0.723. The summed E-state index contributed by atoms with van der Waals surface area (Å²) in [6.07, 6.45) is 2.59. The first-order valence-electron chi connectivity index (χ1n) is 8.90. The van der Waals surface area contributed by atoms with Crippen LogP contribution < -0.4 is 16.0 Å². The Balaban J connectivity index is 0.00000312. The fourth-order valence-corrected chi connectivity index (χ4v) is 2.91. The van der Waals surface area contributed by atoms with Gasteiger partial charge in [0.05, 0.1) is 0 Å². The Kier molecular flexibility index (Phi) is 8.93. The van der Waals surface area contributed by atoms with Gasteiger partial charge in [-0.3, -0.25) is 9.59 Å². The van der Waals surface area contributed by atoms with Gasteiger partial charge in [-0.05, 0) is 50.4 Å². The Morgan fingerprint density at radius 3 is 2.80 bits per heavy atom. The summed E-state index contributed by atoms with van der Waals surface area (Å²) in [7, 11) is 0. The van der Waals surface area contributed by atoms with Crippen molar-refractivity contribution in [3.63, 3.8) is 0 Å². The number of anilines is 1. The van der Waals surface area contributed by atoms with E-state index in [-0.39, 0.29) is 36.1 Å². The average Bonchev–Trinajstić information content (AvgIpc) is 2.59. The van der Waals surface area contributed by atoms with Crippen LogP contribution in [0.3, 0.4) is 0 Å². The SMILES string of the molecule is CCC(C)C(=O)Nc1cccc(CNC(=O)[C@H]2CCN[C@@H](C)C2)c1.Cl. The number of hydrogen-bond acceptors (Lipinski definition) is 3. The molecular formula is C19H30ClN3O2. The molecule has 1 unspecified atom stereocenters. The molecule has 1 aromatic rings. The molecule has 140 valence electrons. The molecule has 0 aromatic heterocycles. The molecule has 0 aliphatic carbocycles. The van der Waals surface area contributed by atoms with E-state index in [2.05, 4.69) is 22.9 Å². The van der Waals surface area contributed by atoms with E-state index in [1.54, 1.807) is 0 Å². The summed E-state index contributed by atoms with van der Waals surface area (Å²) in [5.74, 6) is 0.240. The fourth-order valence-electron chi connectivity index (χ4n) is 2.91. The number of carbonyl (C=O) groups excluding carboxylic acids is 2. The molecule has 3 N–H and O–H groups in total. The first-order valence-corrected chi connectivity index (χ1v) is 8.90. The van der Waals surface area contributed by atoms with Gasteiger partial charge >= 0.3 is 0 Å². The number of rotatable bonds is 6. The third-order valence-corrected chi connectivity index (χ3v) is 4.72. The summed E-state index contributed by atoms with van der Waals surface area (Å²) in [5.41, 5.74) is 1.77. The van der Waals surface area contributed by atoms with E-state index < -0.39 is 0 Å². The van der Waals surface area contributed by atoms with Crippen LogP contribution in [0.1, 0.15) is 45.6 Å². The maximum atomic E-state index is 12.3. The lowest BCUT2D eigenvalue weighted by Crippen LogP contribution is -2.42. The van der Waals surface area contributed by atoms with Crippen LogP contribution in [0.15, 0.2) is 24.3 Å². The van der Waals surface area contributed by atoms with Crippen molar-refractivity contribution in [2.45, 2.75) is 52.6 Å². The topological polar surface area (TPSA) is 70.2 Å². The highest BCUT2D eigenvalue weighted by atomic mass is 35.5. The number of nitrogens with one attached hydrogen (secondary N) is 3. The molecule has 0 saturated carbocycles. The molecule has 0 radical (unpaired) electrons. The lowest BCUT2D eigenvalue weighted by molar-refractivity contribution is -0.126. The summed E-state index contributed by atoms with van der Waals surface area (Å²) >= 11 is 0. The van der Waals surface area contributed by atoms with Gasteiger partial charge in [0.25, 0.3) is 0 Å². The summed E-state index contributed by atoms with van der Waals surface area (Å²) < 4.78 is 0. The van der Waals surface area contributed by atoms with Gasteiger partial charge in [0, 0.05) is 30.1 Å². The smallest absolute Gasteiger partial charge is 0.227 e. The van der Waals surface area contributed by atoms with Crippen molar-refractivity contribution in [3.05, 3.63) is 29.8 Å². The van der Waals surface area contributed by atoms with E-state index in [4.69, 9.17) is 0 Å². The van der Waals surface area contributed by atoms with Gasteiger partial charge in [-0.15, -0.1) is 12.4 Å². The van der Waals surface area contributed by atoms with Gasteiger partial charge in [0.1, 0.15) is 0 Å². The second-order valence-corrected chi connectivity index (χ2v) is 6.79. The van der Waals surface area contributed by atoms with Gasteiger partial charge < -0.3 is 16.0 Å². The lowest BCUT2D eigenvalue weighted by atomic mass is 9.92. The molecule has 2 rings (SSSR count). The second-order valence-electron chi connectivity index (χ2n) is 6.79. The molecule has 1 heterocycles. The van der Waals surface area contributed by atoms with Gasteiger partial charge in [-0.25, -0.2) is 0 Å². The summed E-state index contributed by atoms with van der Waals surface area (Å²) in [6.45, 7) is 7.42. The van der Waals surface area contributed by atoms with Gasteiger partial charge in [0.15, 0.2) is 0 Å².